The fourth-order valence-corrected chi connectivity index (χ4v) is 5.22. The van der Waals surface area contributed by atoms with Gasteiger partial charge >= 0.3 is 0 Å². The SMILES string of the molecule is c1ccc2c(c1)CCCN2c1ccc(N2CCCc3ccccc32)s1. The van der Waals surface area contributed by atoms with Gasteiger partial charge < -0.3 is 9.80 Å². The van der Waals surface area contributed by atoms with Crippen LogP contribution in [0.15, 0.2) is 60.7 Å². The number of fused-ring (bicyclic) bond motifs is 2. The van der Waals surface area contributed by atoms with Crippen LogP contribution in [0.25, 0.3) is 0 Å². The third kappa shape index (κ3) is 2.63. The number of anilines is 4. The number of hydrogen-bond donors (Lipinski definition) is 0. The van der Waals surface area contributed by atoms with Crippen molar-refractivity contribution < 1.29 is 0 Å². The smallest absolute Gasteiger partial charge is 0.0974 e. The van der Waals surface area contributed by atoms with Crippen LogP contribution >= 0.6 is 11.3 Å². The van der Waals surface area contributed by atoms with E-state index < -0.39 is 0 Å². The standard InChI is InChI=1S/C22H22N2S/c1-3-11-19-17(7-1)9-5-15-23(19)21-13-14-22(25-21)24-16-6-10-18-8-2-4-12-20(18)24/h1-4,7-8,11-14H,5-6,9-10,15-16H2. The molecule has 0 amide bonds. The van der Waals surface area contributed by atoms with E-state index in [1.807, 2.05) is 11.3 Å². The molecule has 5 rings (SSSR count). The Hall–Kier alpha value is -2.26. The van der Waals surface area contributed by atoms with Crippen molar-refractivity contribution in [2.45, 2.75) is 25.7 Å². The molecule has 1 aromatic heterocycles. The van der Waals surface area contributed by atoms with Gasteiger partial charge in [-0.25, -0.2) is 0 Å². The van der Waals surface area contributed by atoms with Crippen molar-refractivity contribution in [2.75, 3.05) is 22.9 Å². The zero-order valence-corrected chi connectivity index (χ0v) is 15.1. The van der Waals surface area contributed by atoms with Crippen LogP contribution in [-0.4, -0.2) is 13.1 Å². The zero-order valence-electron chi connectivity index (χ0n) is 14.3. The van der Waals surface area contributed by atoms with Crippen LogP contribution in [0.1, 0.15) is 24.0 Å². The first-order valence-electron chi connectivity index (χ1n) is 9.21. The summed E-state index contributed by atoms with van der Waals surface area (Å²) in [6, 6.07) is 22.3. The molecular weight excluding hydrogens is 324 g/mol. The lowest BCUT2D eigenvalue weighted by Gasteiger charge is -2.31. The second-order valence-corrected chi connectivity index (χ2v) is 7.92. The van der Waals surface area contributed by atoms with E-state index in [0.29, 0.717) is 0 Å². The lowest BCUT2D eigenvalue weighted by atomic mass is 10.0. The van der Waals surface area contributed by atoms with Crippen LogP contribution in [0.2, 0.25) is 0 Å². The molecule has 0 saturated carbocycles. The highest BCUT2D eigenvalue weighted by Gasteiger charge is 2.22. The van der Waals surface area contributed by atoms with Crippen LogP contribution in [0.4, 0.5) is 21.4 Å². The van der Waals surface area contributed by atoms with E-state index in [2.05, 4.69) is 70.5 Å². The first kappa shape index (κ1) is 15.0. The largest absolute Gasteiger partial charge is 0.333 e. The topological polar surface area (TPSA) is 6.48 Å². The molecule has 2 aliphatic heterocycles. The Balaban J connectivity index is 1.50. The van der Waals surface area contributed by atoms with E-state index in [9.17, 15) is 0 Å². The van der Waals surface area contributed by atoms with E-state index in [4.69, 9.17) is 0 Å². The van der Waals surface area contributed by atoms with Crippen molar-refractivity contribution in [3.05, 3.63) is 71.8 Å². The molecule has 3 aromatic rings. The molecule has 2 nitrogen and oxygen atoms in total. The van der Waals surface area contributed by atoms with E-state index in [1.165, 1.54) is 58.2 Å². The third-order valence-corrected chi connectivity index (χ3v) is 6.46. The average molecular weight is 346 g/mol. The van der Waals surface area contributed by atoms with Crippen molar-refractivity contribution in [1.29, 1.82) is 0 Å². The molecule has 0 bridgehead atoms. The highest BCUT2D eigenvalue weighted by Crippen LogP contribution is 2.43. The quantitative estimate of drug-likeness (QED) is 0.568. The molecule has 0 spiro atoms. The van der Waals surface area contributed by atoms with Gasteiger partial charge in [-0.05, 0) is 61.1 Å². The van der Waals surface area contributed by atoms with Gasteiger partial charge in [0, 0.05) is 24.5 Å². The molecule has 0 N–H and O–H groups in total. The maximum Gasteiger partial charge on any atom is 0.0974 e. The highest BCUT2D eigenvalue weighted by molar-refractivity contribution is 7.20. The predicted molar refractivity (Wildman–Crippen MR) is 108 cm³/mol. The minimum absolute atomic E-state index is 1.12. The molecule has 126 valence electrons. The van der Waals surface area contributed by atoms with E-state index in [1.54, 1.807) is 0 Å². The van der Waals surface area contributed by atoms with Gasteiger partial charge in [-0.3, -0.25) is 0 Å². The van der Waals surface area contributed by atoms with Crippen LogP contribution in [-0.2, 0) is 12.8 Å². The second kappa shape index (κ2) is 6.23. The lowest BCUT2D eigenvalue weighted by Crippen LogP contribution is -2.24. The Labute approximate surface area is 153 Å². The number of benzene rings is 2. The van der Waals surface area contributed by atoms with Crippen LogP contribution in [0.5, 0.6) is 0 Å². The monoisotopic (exact) mass is 346 g/mol. The molecule has 25 heavy (non-hydrogen) atoms. The first-order valence-corrected chi connectivity index (χ1v) is 10.0. The van der Waals surface area contributed by atoms with Gasteiger partial charge in [-0.2, -0.15) is 0 Å². The van der Waals surface area contributed by atoms with E-state index in [-0.39, 0.29) is 0 Å². The van der Waals surface area contributed by atoms with Crippen LogP contribution in [0, 0.1) is 0 Å². The summed E-state index contributed by atoms with van der Waals surface area (Å²) in [7, 11) is 0. The Bertz CT molecular complexity index is 826. The van der Waals surface area contributed by atoms with Gasteiger partial charge in [-0.15, -0.1) is 11.3 Å². The third-order valence-electron chi connectivity index (χ3n) is 5.33. The molecule has 2 aliphatic rings. The molecule has 2 aromatic carbocycles. The summed E-state index contributed by atoms with van der Waals surface area (Å²) >= 11 is 1.92. The number of thiophene rings is 1. The summed E-state index contributed by atoms with van der Waals surface area (Å²) in [4.78, 5) is 5.01. The minimum atomic E-state index is 1.12. The number of nitrogens with zero attached hydrogens (tertiary/aromatic N) is 2. The second-order valence-electron chi connectivity index (χ2n) is 6.88. The van der Waals surface area contributed by atoms with E-state index in [0.717, 1.165) is 13.1 Å². The van der Waals surface area contributed by atoms with Crippen LogP contribution < -0.4 is 9.80 Å². The molecule has 0 saturated heterocycles. The van der Waals surface area contributed by atoms with Crippen molar-refractivity contribution in [1.82, 2.24) is 0 Å². The fourth-order valence-electron chi connectivity index (χ4n) is 4.13. The Morgan fingerprint density at radius 2 is 1.08 bits per heavy atom. The van der Waals surface area contributed by atoms with E-state index >= 15 is 0 Å². The molecule has 0 radical (unpaired) electrons. The van der Waals surface area contributed by atoms with Crippen molar-refractivity contribution in [3.8, 4) is 0 Å². The molecule has 3 heteroatoms. The van der Waals surface area contributed by atoms with Gasteiger partial charge in [-0.1, -0.05) is 36.4 Å². The Morgan fingerprint density at radius 3 is 1.60 bits per heavy atom. The van der Waals surface area contributed by atoms with Crippen LogP contribution in [0.3, 0.4) is 0 Å². The number of rotatable bonds is 2. The maximum atomic E-state index is 2.50. The van der Waals surface area contributed by atoms with Gasteiger partial charge in [0.15, 0.2) is 0 Å². The Kier molecular flexibility index (Phi) is 3.75. The Morgan fingerprint density at radius 1 is 0.600 bits per heavy atom. The molecule has 0 atom stereocenters. The number of hydrogen-bond acceptors (Lipinski definition) is 3. The first-order chi connectivity index (χ1) is 12.4. The number of aryl methyl sites for hydroxylation is 2. The summed E-state index contributed by atoms with van der Waals surface area (Å²) in [6.45, 7) is 2.24. The summed E-state index contributed by atoms with van der Waals surface area (Å²) < 4.78 is 0. The summed E-state index contributed by atoms with van der Waals surface area (Å²) in [5.41, 5.74) is 5.74. The minimum Gasteiger partial charge on any atom is -0.333 e. The molecule has 3 heterocycles. The highest BCUT2D eigenvalue weighted by atomic mass is 32.1. The lowest BCUT2D eigenvalue weighted by molar-refractivity contribution is 0.770. The molecule has 0 unspecified atom stereocenters. The molecule has 0 aliphatic carbocycles. The molecule has 0 fully saturated rings. The average Bonchev–Trinajstić information content (AvgIpc) is 3.17. The molecular formula is C22H22N2S. The normalized spacial score (nSPS) is 16.5. The summed E-state index contributed by atoms with van der Waals surface area (Å²) in [5, 5.41) is 2.73. The zero-order chi connectivity index (χ0) is 16.6. The maximum absolute atomic E-state index is 2.50. The predicted octanol–water partition coefficient (Wildman–Crippen LogP) is 5.92. The van der Waals surface area contributed by atoms with Crippen molar-refractivity contribution >= 4 is 32.7 Å². The van der Waals surface area contributed by atoms with Gasteiger partial charge in [0.2, 0.25) is 0 Å². The van der Waals surface area contributed by atoms with Crippen molar-refractivity contribution in [3.63, 3.8) is 0 Å². The number of para-hydroxylation sites is 2. The van der Waals surface area contributed by atoms with Gasteiger partial charge in [0.25, 0.3) is 0 Å². The fraction of sp³-hybridized carbons (Fsp3) is 0.273. The summed E-state index contributed by atoms with van der Waals surface area (Å²) in [5.74, 6) is 0. The van der Waals surface area contributed by atoms with Gasteiger partial charge in [0.05, 0.1) is 10.0 Å². The summed E-state index contributed by atoms with van der Waals surface area (Å²) in [6.07, 6.45) is 4.86. The van der Waals surface area contributed by atoms with Gasteiger partial charge in [0.1, 0.15) is 0 Å². The van der Waals surface area contributed by atoms with Crippen molar-refractivity contribution in [2.24, 2.45) is 0 Å².